The Kier molecular flexibility index (Phi) is 5.14. The Labute approximate surface area is 158 Å². The third kappa shape index (κ3) is 4.11. The van der Waals surface area contributed by atoms with Gasteiger partial charge in [0.2, 0.25) is 0 Å². The highest BCUT2D eigenvalue weighted by molar-refractivity contribution is 7.16. The minimum atomic E-state index is -0.511. The predicted molar refractivity (Wildman–Crippen MR) is 100 cm³/mol. The molecule has 2 aliphatic rings. The number of aromatic nitrogens is 1. The Bertz CT molecular complexity index is 693. The molecule has 1 amide bonds. The lowest BCUT2D eigenvalue weighted by Crippen LogP contribution is -2.55. The highest BCUT2D eigenvalue weighted by Crippen LogP contribution is 2.45. The van der Waals surface area contributed by atoms with Crippen LogP contribution in [0.25, 0.3) is 0 Å². The van der Waals surface area contributed by atoms with Crippen LogP contribution in [0.15, 0.2) is 0 Å². The first kappa shape index (κ1) is 18.9. The van der Waals surface area contributed by atoms with Crippen LogP contribution in [-0.4, -0.2) is 60.3 Å². The second-order valence-corrected chi connectivity index (χ2v) is 8.95. The summed E-state index contributed by atoms with van der Waals surface area (Å²) in [6.45, 7) is 9.42. The molecule has 1 saturated carbocycles. The Morgan fingerprint density at radius 1 is 1.23 bits per heavy atom. The molecule has 1 saturated heterocycles. The first-order valence-corrected chi connectivity index (χ1v) is 9.85. The molecule has 2 heterocycles. The largest absolute Gasteiger partial charge is 0.464 e. The van der Waals surface area contributed by atoms with Crippen LogP contribution in [0, 0.1) is 0 Å². The first-order chi connectivity index (χ1) is 12.2. The van der Waals surface area contributed by atoms with E-state index in [1.807, 2.05) is 27.7 Å². The quantitative estimate of drug-likeness (QED) is 0.749. The molecule has 7 nitrogen and oxygen atoms in total. The predicted octanol–water partition coefficient (Wildman–Crippen LogP) is 3.25. The summed E-state index contributed by atoms with van der Waals surface area (Å²) in [6, 6.07) is -0.0180. The van der Waals surface area contributed by atoms with E-state index in [1.165, 1.54) is 7.11 Å². The van der Waals surface area contributed by atoms with Gasteiger partial charge in [-0.05, 0) is 40.5 Å². The molecule has 0 aromatic carbocycles. The van der Waals surface area contributed by atoms with Gasteiger partial charge in [0.15, 0.2) is 5.69 Å². The van der Waals surface area contributed by atoms with E-state index in [-0.39, 0.29) is 12.1 Å². The van der Waals surface area contributed by atoms with Crippen LogP contribution in [-0.2, 0) is 9.47 Å². The van der Waals surface area contributed by atoms with Gasteiger partial charge >= 0.3 is 12.1 Å². The van der Waals surface area contributed by atoms with Crippen molar-refractivity contribution in [2.75, 3.05) is 31.6 Å². The molecule has 1 aromatic rings. The molecule has 0 radical (unpaired) electrons. The molecule has 1 aromatic heterocycles. The lowest BCUT2D eigenvalue weighted by Gasteiger charge is -2.40. The van der Waals surface area contributed by atoms with E-state index < -0.39 is 11.6 Å². The SMILES string of the molecule is COC(=O)c1nc(C2CC2)sc1N1CCN(C(=O)OC(C)(C)C)[C@H](C)C1. The van der Waals surface area contributed by atoms with Crippen LogP contribution in [0.5, 0.6) is 0 Å². The number of carbonyl (C=O) groups is 2. The number of anilines is 1. The molecule has 144 valence electrons. The van der Waals surface area contributed by atoms with Crippen LogP contribution < -0.4 is 4.90 Å². The number of methoxy groups -OCH3 is 1. The minimum absolute atomic E-state index is 0.0180. The smallest absolute Gasteiger partial charge is 0.410 e. The zero-order valence-corrected chi connectivity index (χ0v) is 16.9. The summed E-state index contributed by atoms with van der Waals surface area (Å²) in [6.07, 6.45) is 1.98. The monoisotopic (exact) mass is 381 g/mol. The van der Waals surface area contributed by atoms with Crippen molar-refractivity contribution < 1.29 is 19.1 Å². The summed E-state index contributed by atoms with van der Waals surface area (Å²) >= 11 is 1.58. The van der Waals surface area contributed by atoms with Gasteiger partial charge in [0, 0.05) is 31.6 Å². The van der Waals surface area contributed by atoms with Crippen LogP contribution in [0.2, 0.25) is 0 Å². The highest BCUT2D eigenvalue weighted by atomic mass is 32.1. The fourth-order valence-corrected chi connectivity index (χ4v) is 4.27. The maximum Gasteiger partial charge on any atom is 0.410 e. The van der Waals surface area contributed by atoms with E-state index in [0.29, 0.717) is 31.2 Å². The number of nitrogens with zero attached hydrogens (tertiary/aromatic N) is 3. The number of thiazole rings is 1. The summed E-state index contributed by atoms with van der Waals surface area (Å²) in [5, 5.41) is 1.87. The Morgan fingerprint density at radius 3 is 2.46 bits per heavy atom. The number of ether oxygens (including phenoxy) is 2. The summed E-state index contributed by atoms with van der Waals surface area (Å²) in [7, 11) is 1.38. The molecule has 1 aliphatic heterocycles. The average Bonchev–Trinajstić information content (AvgIpc) is 3.31. The lowest BCUT2D eigenvalue weighted by molar-refractivity contribution is 0.0158. The molecular weight excluding hydrogens is 354 g/mol. The third-order valence-corrected chi connectivity index (χ3v) is 5.75. The summed E-state index contributed by atoms with van der Waals surface area (Å²) < 4.78 is 10.4. The van der Waals surface area contributed by atoms with E-state index in [1.54, 1.807) is 16.2 Å². The Hall–Kier alpha value is -1.83. The molecule has 8 heteroatoms. The summed E-state index contributed by atoms with van der Waals surface area (Å²) in [5.74, 6) is 0.0861. The first-order valence-electron chi connectivity index (χ1n) is 9.03. The fourth-order valence-electron chi connectivity index (χ4n) is 3.01. The number of hydrogen-bond donors (Lipinski definition) is 0. The van der Waals surface area contributed by atoms with Gasteiger partial charge in [0.05, 0.1) is 12.1 Å². The van der Waals surface area contributed by atoms with Crippen molar-refractivity contribution in [3.05, 3.63) is 10.7 Å². The second-order valence-electron chi connectivity index (χ2n) is 7.94. The van der Waals surface area contributed by atoms with Crippen LogP contribution in [0.3, 0.4) is 0 Å². The molecule has 26 heavy (non-hydrogen) atoms. The maximum atomic E-state index is 12.4. The van der Waals surface area contributed by atoms with Crippen molar-refractivity contribution >= 4 is 28.4 Å². The van der Waals surface area contributed by atoms with E-state index in [9.17, 15) is 9.59 Å². The number of hydrogen-bond acceptors (Lipinski definition) is 7. The summed E-state index contributed by atoms with van der Waals surface area (Å²) in [5.41, 5.74) is -0.111. The Morgan fingerprint density at radius 2 is 1.92 bits per heavy atom. The van der Waals surface area contributed by atoms with Crippen molar-refractivity contribution in [2.45, 2.75) is 58.1 Å². The van der Waals surface area contributed by atoms with Gasteiger partial charge in [-0.25, -0.2) is 14.6 Å². The zero-order valence-electron chi connectivity index (χ0n) is 16.1. The molecule has 1 atom stereocenters. The van der Waals surface area contributed by atoms with E-state index in [2.05, 4.69) is 9.88 Å². The van der Waals surface area contributed by atoms with E-state index in [4.69, 9.17) is 9.47 Å². The fraction of sp³-hybridized carbons (Fsp3) is 0.722. The van der Waals surface area contributed by atoms with Crippen molar-refractivity contribution in [1.29, 1.82) is 0 Å². The van der Waals surface area contributed by atoms with Gasteiger partial charge in [-0.3, -0.25) is 0 Å². The van der Waals surface area contributed by atoms with Crippen LogP contribution in [0.4, 0.5) is 9.80 Å². The van der Waals surface area contributed by atoms with Gasteiger partial charge < -0.3 is 19.3 Å². The average molecular weight is 381 g/mol. The molecule has 3 rings (SSSR count). The highest BCUT2D eigenvalue weighted by Gasteiger charge is 2.35. The number of rotatable bonds is 3. The topological polar surface area (TPSA) is 72.0 Å². The van der Waals surface area contributed by atoms with Crippen LogP contribution >= 0.6 is 11.3 Å². The van der Waals surface area contributed by atoms with Gasteiger partial charge in [-0.1, -0.05) is 0 Å². The number of piperazine rings is 1. The molecule has 0 unspecified atom stereocenters. The van der Waals surface area contributed by atoms with E-state index in [0.717, 1.165) is 22.9 Å². The van der Waals surface area contributed by atoms with E-state index >= 15 is 0 Å². The molecular formula is C18H27N3O4S. The number of amides is 1. The Balaban J connectivity index is 1.74. The van der Waals surface area contributed by atoms with Crippen molar-refractivity contribution in [1.82, 2.24) is 9.88 Å². The van der Waals surface area contributed by atoms with Gasteiger partial charge in [0.1, 0.15) is 10.6 Å². The molecule has 1 aliphatic carbocycles. The van der Waals surface area contributed by atoms with Crippen LogP contribution in [0.1, 0.15) is 62.0 Å². The van der Waals surface area contributed by atoms with Gasteiger partial charge in [-0.15, -0.1) is 11.3 Å². The van der Waals surface area contributed by atoms with Crippen molar-refractivity contribution in [3.63, 3.8) is 0 Å². The zero-order chi connectivity index (χ0) is 19.1. The van der Waals surface area contributed by atoms with Crippen molar-refractivity contribution in [3.8, 4) is 0 Å². The number of esters is 1. The number of carbonyl (C=O) groups excluding carboxylic acids is 2. The van der Waals surface area contributed by atoms with Gasteiger partial charge in [0.25, 0.3) is 0 Å². The third-order valence-electron chi connectivity index (χ3n) is 4.47. The maximum absolute atomic E-state index is 12.4. The summed E-state index contributed by atoms with van der Waals surface area (Å²) in [4.78, 5) is 33.0. The molecule has 0 N–H and O–H groups in total. The molecule has 0 spiro atoms. The normalized spacial score (nSPS) is 20.9. The van der Waals surface area contributed by atoms with Crippen molar-refractivity contribution in [2.24, 2.45) is 0 Å². The molecule has 0 bridgehead atoms. The lowest BCUT2D eigenvalue weighted by atomic mass is 10.2. The van der Waals surface area contributed by atoms with Gasteiger partial charge in [-0.2, -0.15) is 0 Å². The standard InChI is InChI=1S/C18H27N3O4S/c1-11-10-20(8-9-21(11)17(23)25-18(2,3)4)15-13(16(22)24-5)19-14(26-15)12-6-7-12/h11-12H,6-10H2,1-5H3/t11-/m1/s1. The molecule has 2 fully saturated rings. The second kappa shape index (κ2) is 7.06. The minimum Gasteiger partial charge on any atom is -0.464 e.